The van der Waals surface area contributed by atoms with E-state index in [1.807, 2.05) is 41.8 Å². The number of rotatable bonds is 13. The molecule has 3 heterocycles. The van der Waals surface area contributed by atoms with E-state index < -0.39 is 18.1 Å². The minimum Gasteiger partial charge on any atom is -0.506 e. The largest absolute Gasteiger partial charge is 0.506 e. The number of halogens is 1. The zero-order valence-electron chi connectivity index (χ0n) is 28.4. The fourth-order valence-corrected chi connectivity index (χ4v) is 7.67. The van der Waals surface area contributed by atoms with Gasteiger partial charge in [-0.05, 0) is 48.1 Å². The summed E-state index contributed by atoms with van der Waals surface area (Å²) in [5, 5.41) is 42.0. The second-order valence-corrected chi connectivity index (χ2v) is 13.9. The molecule has 0 saturated carbocycles. The number of aliphatic hydroxyl groups excluding tert-OH is 1. The average molecular weight is 750 g/mol. The molecule has 0 spiro atoms. The van der Waals surface area contributed by atoms with Gasteiger partial charge in [-0.1, -0.05) is 41.9 Å². The maximum atomic E-state index is 13.0. The molecule has 3 amide bonds. The third kappa shape index (κ3) is 8.43. The number of hydrogen-bond acceptors (Lipinski definition) is 10. The molecule has 6 N–H and O–H groups in total. The number of anilines is 3. The number of carbonyl (C=O) groups is 3. The van der Waals surface area contributed by atoms with E-state index in [-0.39, 0.29) is 55.3 Å². The van der Waals surface area contributed by atoms with Gasteiger partial charge in [0.15, 0.2) is 12.4 Å². The van der Waals surface area contributed by atoms with E-state index in [0.717, 1.165) is 10.4 Å². The lowest BCUT2D eigenvalue weighted by atomic mass is 10.0. The number of benzene rings is 3. The fourth-order valence-electron chi connectivity index (χ4n) is 6.54. The standard InChI is InChI=1S/C37H40ClN5O8S/c1-50-31-18-27(26(38)17-23(31)19-39-20-30(45)25-7-8-29(44)34-35(25)51-21-33(47)41-34)40-32(46)11-15-42-13-9-24(10-14-42)43(37(48)49)28-12-16-52-36(28)22-5-3-2-4-6-22/h2-8,12,16-18,24,30,39,44-45H,9-11,13-15,19-21H2,1H3,(H,40,46)(H,41,47)(H,48,49)/t30-/m0/s1. The third-order valence-electron chi connectivity index (χ3n) is 9.16. The highest BCUT2D eigenvalue weighted by Crippen LogP contribution is 2.42. The highest BCUT2D eigenvalue weighted by Gasteiger charge is 2.31. The number of fused-ring (bicyclic) bond motifs is 1. The van der Waals surface area contributed by atoms with Crippen molar-refractivity contribution in [3.8, 4) is 27.7 Å². The number of likely N-dealkylation sites (tertiary alicyclic amines) is 1. The van der Waals surface area contributed by atoms with E-state index in [9.17, 15) is 29.7 Å². The molecular formula is C37H40ClN5O8S. The molecule has 15 heteroatoms. The Kier molecular flexibility index (Phi) is 11.8. The third-order valence-corrected chi connectivity index (χ3v) is 10.4. The van der Waals surface area contributed by atoms with Crippen molar-refractivity contribution in [1.82, 2.24) is 10.2 Å². The lowest BCUT2D eigenvalue weighted by molar-refractivity contribution is -0.119. The van der Waals surface area contributed by atoms with Crippen molar-refractivity contribution in [3.63, 3.8) is 0 Å². The zero-order valence-corrected chi connectivity index (χ0v) is 30.0. The quantitative estimate of drug-likeness (QED) is 0.0902. The van der Waals surface area contributed by atoms with Crippen LogP contribution >= 0.6 is 22.9 Å². The molecule has 1 aromatic heterocycles. The van der Waals surface area contributed by atoms with Crippen molar-refractivity contribution in [2.24, 2.45) is 0 Å². The molecule has 1 saturated heterocycles. The normalized spacial score (nSPS) is 15.2. The Hall–Kier alpha value is -4.86. The number of thiophene rings is 1. The van der Waals surface area contributed by atoms with Crippen LogP contribution in [0.3, 0.4) is 0 Å². The maximum Gasteiger partial charge on any atom is 0.412 e. The molecule has 2 aliphatic heterocycles. The summed E-state index contributed by atoms with van der Waals surface area (Å²) in [4.78, 5) is 41.7. The number of nitrogens with zero attached hydrogens (tertiary/aromatic N) is 2. The average Bonchev–Trinajstić information content (AvgIpc) is 3.62. The number of ether oxygens (including phenoxy) is 2. The Morgan fingerprint density at radius 1 is 1.15 bits per heavy atom. The molecule has 2 aliphatic rings. The van der Waals surface area contributed by atoms with Crippen molar-refractivity contribution in [2.75, 3.05) is 55.4 Å². The summed E-state index contributed by atoms with van der Waals surface area (Å²) in [6, 6.07) is 17.8. The number of hydrogen-bond donors (Lipinski definition) is 6. The Labute approximate surface area is 309 Å². The summed E-state index contributed by atoms with van der Waals surface area (Å²) in [5.41, 5.74) is 3.33. The van der Waals surface area contributed by atoms with Crippen LogP contribution in [0.4, 0.5) is 21.9 Å². The van der Waals surface area contributed by atoms with Gasteiger partial charge in [-0.25, -0.2) is 4.79 Å². The smallest absolute Gasteiger partial charge is 0.412 e. The number of piperidine rings is 1. The van der Waals surface area contributed by atoms with E-state index in [2.05, 4.69) is 20.9 Å². The first-order valence-corrected chi connectivity index (χ1v) is 18.1. The van der Waals surface area contributed by atoms with Crippen LogP contribution in [-0.2, 0) is 16.1 Å². The van der Waals surface area contributed by atoms with E-state index in [1.165, 1.54) is 35.5 Å². The van der Waals surface area contributed by atoms with Crippen molar-refractivity contribution < 1.29 is 39.2 Å². The SMILES string of the molecule is COc1cc(NC(=O)CCN2CCC(N(C(=O)O)c3ccsc3-c3ccccc3)CC2)c(Cl)cc1CNC[C@H](O)c1ccc(O)c2c1OCC(=O)N2. The molecule has 0 unspecified atom stereocenters. The number of phenolic OH excluding ortho intramolecular Hbond substituents is 1. The number of carbonyl (C=O) groups excluding carboxylic acids is 2. The highest BCUT2D eigenvalue weighted by atomic mass is 35.5. The van der Waals surface area contributed by atoms with Gasteiger partial charge in [-0.2, -0.15) is 0 Å². The lowest BCUT2D eigenvalue weighted by Crippen LogP contribution is -2.47. The van der Waals surface area contributed by atoms with Crippen LogP contribution < -0.4 is 30.3 Å². The van der Waals surface area contributed by atoms with Gasteiger partial charge in [0.25, 0.3) is 5.91 Å². The van der Waals surface area contributed by atoms with Gasteiger partial charge >= 0.3 is 6.09 Å². The molecule has 52 heavy (non-hydrogen) atoms. The maximum absolute atomic E-state index is 13.0. The van der Waals surface area contributed by atoms with Crippen LogP contribution in [0.2, 0.25) is 5.02 Å². The van der Waals surface area contributed by atoms with Crippen LogP contribution in [0.1, 0.15) is 36.5 Å². The second kappa shape index (κ2) is 16.7. The van der Waals surface area contributed by atoms with Gasteiger partial charge in [0.05, 0.1) is 34.5 Å². The molecule has 0 bridgehead atoms. The van der Waals surface area contributed by atoms with Gasteiger partial charge in [0.2, 0.25) is 5.91 Å². The summed E-state index contributed by atoms with van der Waals surface area (Å²) in [7, 11) is 1.51. The zero-order chi connectivity index (χ0) is 36.8. The molecule has 13 nitrogen and oxygen atoms in total. The Morgan fingerprint density at radius 3 is 2.65 bits per heavy atom. The van der Waals surface area contributed by atoms with Gasteiger partial charge < -0.3 is 45.6 Å². The Morgan fingerprint density at radius 2 is 1.92 bits per heavy atom. The van der Waals surface area contributed by atoms with Crippen LogP contribution in [0, 0.1) is 0 Å². The van der Waals surface area contributed by atoms with Gasteiger partial charge in [-0.15, -0.1) is 11.3 Å². The van der Waals surface area contributed by atoms with Crippen molar-refractivity contribution >= 4 is 57.9 Å². The number of aliphatic hydroxyl groups is 1. The van der Waals surface area contributed by atoms with Gasteiger partial charge in [0, 0.05) is 62.4 Å². The van der Waals surface area contributed by atoms with E-state index in [0.29, 0.717) is 65.7 Å². The first kappa shape index (κ1) is 36.9. The Bertz CT molecular complexity index is 1920. The molecule has 1 atom stereocenters. The fraction of sp³-hybridized carbons (Fsp3) is 0.324. The number of methoxy groups -OCH3 is 1. The van der Waals surface area contributed by atoms with E-state index in [1.54, 1.807) is 12.1 Å². The number of aromatic hydroxyl groups is 1. The molecular weight excluding hydrogens is 710 g/mol. The van der Waals surface area contributed by atoms with Crippen LogP contribution in [0.5, 0.6) is 17.2 Å². The highest BCUT2D eigenvalue weighted by molar-refractivity contribution is 7.14. The van der Waals surface area contributed by atoms with Crippen molar-refractivity contribution in [3.05, 3.63) is 82.2 Å². The van der Waals surface area contributed by atoms with E-state index in [4.69, 9.17) is 21.1 Å². The Balaban J connectivity index is 0.991. The minimum atomic E-state index is -1.01. The molecule has 3 aromatic carbocycles. The second-order valence-electron chi connectivity index (χ2n) is 12.5. The summed E-state index contributed by atoms with van der Waals surface area (Å²) >= 11 is 8.10. The van der Waals surface area contributed by atoms with E-state index >= 15 is 0 Å². The predicted molar refractivity (Wildman–Crippen MR) is 200 cm³/mol. The molecule has 274 valence electrons. The predicted octanol–water partition coefficient (Wildman–Crippen LogP) is 5.91. The topological polar surface area (TPSA) is 173 Å². The molecule has 1 fully saturated rings. The summed E-state index contributed by atoms with van der Waals surface area (Å²) in [6.07, 6.45) is -0.461. The molecule has 0 aliphatic carbocycles. The minimum absolute atomic E-state index is 0.113. The molecule has 6 rings (SSSR count). The van der Waals surface area contributed by atoms with Crippen molar-refractivity contribution in [2.45, 2.75) is 38.0 Å². The van der Waals surface area contributed by atoms with Crippen molar-refractivity contribution in [1.29, 1.82) is 0 Å². The first-order chi connectivity index (χ1) is 25.1. The molecule has 4 aromatic rings. The first-order valence-electron chi connectivity index (χ1n) is 16.8. The van der Waals surface area contributed by atoms with Crippen LogP contribution in [-0.4, -0.2) is 84.1 Å². The summed E-state index contributed by atoms with van der Waals surface area (Å²) in [5.74, 6) is -0.0635. The number of carboxylic acid groups (broad SMARTS) is 1. The van der Waals surface area contributed by atoms with Crippen LogP contribution in [0.25, 0.3) is 10.4 Å². The number of amides is 3. The summed E-state index contributed by atoms with van der Waals surface area (Å²) < 4.78 is 11.0. The monoisotopic (exact) mass is 749 g/mol. The lowest BCUT2D eigenvalue weighted by Gasteiger charge is -2.37. The summed E-state index contributed by atoms with van der Waals surface area (Å²) in [6.45, 7) is 2.01. The number of nitrogens with one attached hydrogen (secondary N) is 3. The van der Waals surface area contributed by atoms with Crippen LogP contribution in [0.15, 0.2) is 66.0 Å². The number of phenols is 1. The van der Waals surface area contributed by atoms with Gasteiger partial charge in [0.1, 0.15) is 17.2 Å². The van der Waals surface area contributed by atoms with Gasteiger partial charge in [-0.3, -0.25) is 14.5 Å². The molecule has 0 radical (unpaired) electrons.